The van der Waals surface area contributed by atoms with Crippen LogP contribution in [0.25, 0.3) is 11.1 Å². The highest BCUT2D eigenvalue weighted by Crippen LogP contribution is 2.27. The van der Waals surface area contributed by atoms with E-state index in [9.17, 15) is 9.59 Å². The Balaban J connectivity index is 1.30. The van der Waals surface area contributed by atoms with Crippen LogP contribution in [0.15, 0.2) is 59.0 Å². The SMILES string of the molecule is CC(C)N(C(=O)COC(=O)C1CCN(c2nc3ccccc3o2)CC1)c1ccccc1. The van der Waals surface area contributed by atoms with Crippen LogP contribution in [0.2, 0.25) is 0 Å². The Morgan fingerprint density at radius 1 is 1.10 bits per heavy atom. The molecule has 1 saturated heterocycles. The smallest absolute Gasteiger partial charge is 0.309 e. The molecule has 1 fully saturated rings. The fourth-order valence-corrected chi connectivity index (χ4v) is 3.94. The second-order valence-electron chi connectivity index (χ2n) is 8.03. The molecule has 0 aliphatic carbocycles. The average Bonchev–Trinajstić information content (AvgIpc) is 3.22. The van der Waals surface area contributed by atoms with Crippen LogP contribution < -0.4 is 9.80 Å². The van der Waals surface area contributed by atoms with Crippen molar-refractivity contribution in [1.29, 1.82) is 0 Å². The number of carbonyl (C=O) groups excluding carboxylic acids is 2. The number of rotatable bonds is 6. The van der Waals surface area contributed by atoms with Crippen molar-refractivity contribution in [3.63, 3.8) is 0 Å². The molecule has 1 aliphatic rings. The quantitative estimate of drug-likeness (QED) is 0.560. The molecule has 0 saturated carbocycles. The van der Waals surface area contributed by atoms with Gasteiger partial charge in [-0.3, -0.25) is 9.59 Å². The van der Waals surface area contributed by atoms with E-state index >= 15 is 0 Å². The van der Waals surface area contributed by atoms with Gasteiger partial charge in [-0.15, -0.1) is 0 Å². The van der Waals surface area contributed by atoms with Crippen LogP contribution in [0.1, 0.15) is 26.7 Å². The number of hydrogen-bond acceptors (Lipinski definition) is 6. The summed E-state index contributed by atoms with van der Waals surface area (Å²) in [6, 6.07) is 17.6. The Kier molecular flexibility index (Phi) is 6.21. The number of aromatic nitrogens is 1. The van der Waals surface area contributed by atoms with Gasteiger partial charge < -0.3 is 19.0 Å². The van der Waals surface area contributed by atoms with Crippen molar-refractivity contribution in [3.8, 4) is 0 Å². The Labute approximate surface area is 181 Å². The Hall–Kier alpha value is -3.35. The van der Waals surface area contributed by atoms with Gasteiger partial charge in [-0.2, -0.15) is 4.98 Å². The minimum absolute atomic E-state index is 0.0341. The molecule has 0 bridgehead atoms. The van der Waals surface area contributed by atoms with E-state index in [1.807, 2.05) is 73.3 Å². The van der Waals surface area contributed by atoms with E-state index in [1.165, 1.54) is 0 Å². The highest BCUT2D eigenvalue weighted by molar-refractivity contribution is 5.95. The monoisotopic (exact) mass is 421 g/mol. The van der Waals surface area contributed by atoms with E-state index in [1.54, 1.807) is 4.90 Å². The number of benzene rings is 2. The fraction of sp³-hybridized carbons (Fsp3) is 0.375. The van der Waals surface area contributed by atoms with Gasteiger partial charge in [0.05, 0.1) is 5.92 Å². The zero-order valence-corrected chi connectivity index (χ0v) is 17.9. The normalized spacial score (nSPS) is 14.7. The van der Waals surface area contributed by atoms with E-state index in [0.29, 0.717) is 31.9 Å². The van der Waals surface area contributed by atoms with Gasteiger partial charge in [-0.05, 0) is 51.0 Å². The number of piperidine rings is 1. The van der Waals surface area contributed by atoms with Gasteiger partial charge >= 0.3 is 5.97 Å². The topological polar surface area (TPSA) is 75.9 Å². The zero-order chi connectivity index (χ0) is 21.8. The number of anilines is 2. The average molecular weight is 421 g/mol. The lowest BCUT2D eigenvalue weighted by Gasteiger charge is -2.30. The van der Waals surface area contributed by atoms with Gasteiger partial charge in [0.1, 0.15) is 5.52 Å². The molecule has 0 unspecified atom stereocenters. The number of esters is 1. The van der Waals surface area contributed by atoms with Crippen molar-refractivity contribution < 1.29 is 18.7 Å². The Morgan fingerprint density at radius 3 is 2.45 bits per heavy atom. The van der Waals surface area contributed by atoms with Crippen LogP contribution >= 0.6 is 0 Å². The number of ether oxygens (including phenoxy) is 1. The lowest BCUT2D eigenvalue weighted by Crippen LogP contribution is -2.41. The second kappa shape index (κ2) is 9.20. The van der Waals surface area contributed by atoms with Crippen molar-refractivity contribution in [3.05, 3.63) is 54.6 Å². The summed E-state index contributed by atoms with van der Waals surface area (Å²) in [7, 11) is 0. The molecule has 1 aliphatic heterocycles. The largest absolute Gasteiger partial charge is 0.455 e. The van der Waals surface area contributed by atoms with Crippen molar-refractivity contribution >= 4 is 34.7 Å². The maximum absolute atomic E-state index is 12.7. The third-order valence-electron chi connectivity index (χ3n) is 5.54. The Morgan fingerprint density at radius 2 is 1.77 bits per heavy atom. The van der Waals surface area contributed by atoms with Gasteiger partial charge in [0, 0.05) is 24.8 Å². The molecule has 162 valence electrons. The Bertz CT molecular complexity index is 1010. The van der Waals surface area contributed by atoms with Crippen molar-refractivity contribution in [2.24, 2.45) is 5.92 Å². The summed E-state index contributed by atoms with van der Waals surface area (Å²) in [6.45, 7) is 4.94. The number of para-hydroxylation sites is 3. The second-order valence-corrected chi connectivity index (χ2v) is 8.03. The van der Waals surface area contributed by atoms with E-state index in [2.05, 4.69) is 4.98 Å². The summed E-state index contributed by atoms with van der Waals surface area (Å²) < 4.78 is 11.2. The van der Waals surface area contributed by atoms with Crippen LogP contribution in [-0.2, 0) is 14.3 Å². The van der Waals surface area contributed by atoms with Gasteiger partial charge in [-0.1, -0.05) is 30.3 Å². The lowest BCUT2D eigenvalue weighted by molar-refractivity contribution is -0.152. The van der Waals surface area contributed by atoms with Crippen molar-refractivity contribution in [2.75, 3.05) is 29.5 Å². The first kappa shape index (κ1) is 20.9. The molecule has 0 N–H and O–H groups in total. The predicted octanol–water partition coefficient (Wildman–Crippen LogP) is 4.03. The first-order valence-electron chi connectivity index (χ1n) is 10.7. The number of amides is 1. The van der Waals surface area contributed by atoms with Crippen LogP contribution in [0, 0.1) is 5.92 Å². The molecule has 7 heteroatoms. The molecule has 2 aromatic carbocycles. The number of oxazole rings is 1. The molecule has 7 nitrogen and oxygen atoms in total. The molecular formula is C24H27N3O4. The standard InChI is InChI=1S/C24H27N3O4/c1-17(2)27(19-8-4-3-5-9-19)22(28)16-30-23(29)18-12-14-26(15-13-18)24-25-20-10-6-7-11-21(20)31-24/h3-11,17-18H,12-16H2,1-2H3. The van der Waals surface area contributed by atoms with Gasteiger partial charge in [0.15, 0.2) is 12.2 Å². The molecule has 1 amide bonds. The molecule has 31 heavy (non-hydrogen) atoms. The maximum atomic E-state index is 12.7. The van der Waals surface area contributed by atoms with Crippen LogP contribution in [-0.4, -0.2) is 42.6 Å². The highest BCUT2D eigenvalue weighted by Gasteiger charge is 2.29. The molecule has 2 heterocycles. The number of fused-ring (bicyclic) bond motifs is 1. The first-order chi connectivity index (χ1) is 15.0. The molecule has 1 aromatic heterocycles. The summed E-state index contributed by atoms with van der Waals surface area (Å²) >= 11 is 0. The minimum Gasteiger partial charge on any atom is -0.455 e. The summed E-state index contributed by atoms with van der Waals surface area (Å²) in [6.07, 6.45) is 1.27. The van der Waals surface area contributed by atoms with Crippen molar-refractivity contribution in [2.45, 2.75) is 32.7 Å². The van der Waals surface area contributed by atoms with Gasteiger partial charge in [0.25, 0.3) is 11.9 Å². The molecule has 0 atom stereocenters. The van der Waals surface area contributed by atoms with Gasteiger partial charge in [0.2, 0.25) is 0 Å². The summed E-state index contributed by atoms with van der Waals surface area (Å²) in [5.41, 5.74) is 2.38. The molecule has 0 spiro atoms. The highest BCUT2D eigenvalue weighted by atomic mass is 16.5. The first-order valence-corrected chi connectivity index (χ1v) is 10.7. The number of nitrogens with zero attached hydrogens (tertiary/aromatic N) is 3. The minimum atomic E-state index is -0.317. The van der Waals surface area contributed by atoms with E-state index in [-0.39, 0.29) is 30.4 Å². The molecule has 0 radical (unpaired) electrons. The lowest BCUT2D eigenvalue weighted by atomic mass is 9.97. The third kappa shape index (κ3) is 4.71. The molecular weight excluding hydrogens is 394 g/mol. The maximum Gasteiger partial charge on any atom is 0.309 e. The molecule has 4 rings (SSSR count). The number of hydrogen-bond donors (Lipinski definition) is 0. The third-order valence-corrected chi connectivity index (χ3v) is 5.54. The van der Waals surface area contributed by atoms with Crippen LogP contribution in [0.3, 0.4) is 0 Å². The zero-order valence-electron chi connectivity index (χ0n) is 17.9. The summed E-state index contributed by atoms with van der Waals surface area (Å²) in [5, 5.41) is 0. The summed E-state index contributed by atoms with van der Waals surface area (Å²) in [4.78, 5) is 33.5. The van der Waals surface area contributed by atoms with Crippen LogP contribution in [0.4, 0.5) is 11.7 Å². The number of carbonyl (C=O) groups is 2. The van der Waals surface area contributed by atoms with Crippen LogP contribution in [0.5, 0.6) is 0 Å². The predicted molar refractivity (Wildman–Crippen MR) is 119 cm³/mol. The van der Waals surface area contributed by atoms with E-state index < -0.39 is 0 Å². The van der Waals surface area contributed by atoms with Crippen molar-refractivity contribution in [1.82, 2.24) is 4.98 Å². The summed E-state index contributed by atoms with van der Waals surface area (Å²) in [5.74, 6) is -0.765. The van der Waals surface area contributed by atoms with E-state index in [4.69, 9.17) is 9.15 Å². The van der Waals surface area contributed by atoms with Gasteiger partial charge in [-0.25, -0.2) is 0 Å². The fourth-order valence-electron chi connectivity index (χ4n) is 3.94. The van der Waals surface area contributed by atoms with E-state index in [0.717, 1.165) is 16.8 Å². The molecule has 3 aromatic rings.